The van der Waals surface area contributed by atoms with Crippen molar-refractivity contribution < 1.29 is 9.59 Å². The fraction of sp³-hybridized carbons (Fsp3) is 0.222. The molecular formula is C9H10N2O2S. The molecule has 1 saturated heterocycles. The molecular weight excluding hydrogens is 200 g/mol. The third-order valence-corrected chi connectivity index (χ3v) is 2.21. The van der Waals surface area contributed by atoms with E-state index in [0.29, 0.717) is 10.9 Å². The van der Waals surface area contributed by atoms with E-state index in [4.69, 9.17) is 0 Å². The zero-order valence-corrected chi connectivity index (χ0v) is 8.50. The van der Waals surface area contributed by atoms with Gasteiger partial charge in [-0.2, -0.15) is 4.99 Å². The highest BCUT2D eigenvalue weighted by molar-refractivity contribution is 8.15. The largest absolute Gasteiger partial charge is 0.304 e. The number of hydrogen-bond donors (Lipinski definition) is 1. The van der Waals surface area contributed by atoms with Gasteiger partial charge in [0.05, 0.1) is 5.75 Å². The summed E-state index contributed by atoms with van der Waals surface area (Å²) in [6, 6.07) is 0. The lowest BCUT2D eigenvalue weighted by Gasteiger charge is -1.90. The highest BCUT2D eigenvalue weighted by Crippen LogP contribution is 2.08. The summed E-state index contributed by atoms with van der Waals surface area (Å²) in [5.74, 6) is -0.142. The summed E-state index contributed by atoms with van der Waals surface area (Å²) in [6.45, 7) is 1.85. The van der Waals surface area contributed by atoms with E-state index in [-0.39, 0.29) is 11.8 Å². The van der Waals surface area contributed by atoms with Crippen molar-refractivity contribution in [3.63, 3.8) is 0 Å². The van der Waals surface area contributed by atoms with Crippen LogP contribution in [-0.2, 0) is 9.59 Å². The lowest BCUT2D eigenvalue weighted by Crippen LogP contribution is -2.20. The predicted molar refractivity (Wildman–Crippen MR) is 57.0 cm³/mol. The Morgan fingerprint density at radius 2 is 2.36 bits per heavy atom. The van der Waals surface area contributed by atoms with E-state index in [1.165, 1.54) is 17.8 Å². The molecule has 1 aliphatic heterocycles. The van der Waals surface area contributed by atoms with Gasteiger partial charge < -0.3 is 5.32 Å². The SMILES string of the molecule is CC=CC=CC(=O)N=C1NC(=O)CS1. The average Bonchev–Trinajstić information content (AvgIpc) is 2.52. The van der Waals surface area contributed by atoms with Gasteiger partial charge in [-0.1, -0.05) is 30.0 Å². The van der Waals surface area contributed by atoms with Crippen molar-refractivity contribution in [3.8, 4) is 0 Å². The Morgan fingerprint density at radius 1 is 1.57 bits per heavy atom. The summed E-state index contributed by atoms with van der Waals surface area (Å²) in [6.07, 6.45) is 6.49. The summed E-state index contributed by atoms with van der Waals surface area (Å²) >= 11 is 1.23. The number of allylic oxidation sites excluding steroid dienone is 3. The van der Waals surface area contributed by atoms with Crippen molar-refractivity contribution in [1.82, 2.24) is 5.32 Å². The summed E-state index contributed by atoms with van der Waals surface area (Å²) in [5.41, 5.74) is 0. The van der Waals surface area contributed by atoms with Crippen molar-refractivity contribution in [2.45, 2.75) is 6.92 Å². The molecule has 0 aromatic rings. The van der Waals surface area contributed by atoms with Crippen LogP contribution in [0, 0.1) is 0 Å². The fourth-order valence-corrected chi connectivity index (χ4v) is 1.45. The number of nitrogens with zero attached hydrogens (tertiary/aromatic N) is 1. The van der Waals surface area contributed by atoms with Gasteiger partial charge in [0.2, 0.25) is 5.91 Å². The average molecular weight is 210 g/mol. The van der Waals surface area contributed by atoms with Gasteiger partial charge in [-0.3, -0.25) is 9.59 Å². The molecule has 0 saturated carbocycles. The van der Waals surface area contributed by atoms with Crippen molar-refractivity contribution in [2.24, 2.45) is 4.99 Å². The molecule has 2 amide bonds. The summed E-state index contributed by atoms with van der Waals surface area (Å²) in [4.78, 5) is 25.5. The molecule has 0 spiro atoms. The third kappa shape index (κ3) is 3.57. The van der Waals surface area contributed by atoms with Crippen LogP contribution in [0.3, 0.4) is 0 Å². The number of thioether (sulfide) groups is 1. The summed E-state index contributed by atoms with van der Waals surface area (Å²) in [7, 11) is 0. The molecule has 0 aliphatic carbocycles. The van der Waals surface area contributed by atoms with Crippen LogP contribution in [0.4, 0.5) is 0 Å². The molecule has 1 fully saturated rings. The molecule has 0 radical (unpaired) electrons. The molecule has 1 rings (SSSR count). The lowest BCUT2D eigenvalue weighted by molar-refractivity contribution is -0.116. The van der Waals surface area contributed by atoms with Crippen molar-refractivity contribution in [2.75, 3.05) is 5.75 Å². The minimum atomic E-state index is -0.368. The van der Waals surface area contributed by atoms with Crippen LogP contribution in [0.2, 0.25) is 0 Å². The van der Waals surface area contributed by atoms with E-state index >= 15 is 0 Å². The number of nitrogens with one attached hydrogen (secondary N) is 1. The molecule has 4 nitrogen and oxygen atoms in total. The van der Waals surface area contributed by atoms with Crippen LogP contribution in [0.1, 0.15) is 6.92 Å². The maximum atomic E-state index is 11.1. The van der Waals surface area contributed by atoms with Gasteiger partial charge in [-0.05, 0) is 6.92 Å². The Morgan fingerprint density at radius 3 is 2.93 bits per heavy atom. The van der Waals surface area contributed by atoms with Gasteiger partial charge in [0.25, 0.3) is 5.91 Å². The van der Waals surface area contributed by atoms with Crippen molar-refractivity contribution in [3.05, 3.63) is 24.3 Å². The first-order valence-electron chi connectivity index (χ1n) is 4.07. The second-order valence-electron chi connectivity index (χ2n) is 2.48. The first-order chi connectivity index (χ1) is 6.72. The Labute approximate surface area is 86.2 Å². The van der Waals surface area contributed by atoms with E-state index in [1.807, 2.05) is 13.0 Å². The van der Waals surface area contributed by atoms with Crippen molar-refractivity contribution in [1.29, 1.82) is 0 Å². The van der Waals surface area contributed by atoms with Crippen molar-refractivity contribution >= 4 is 28.7 Å². The maximum Gasteiger partial charge on any atom is 0.272 e. The molecule has 1 aliphatic rings. The number of aliphatic imine (C=N–C) groups is 1. The molecule has 0 aromatic heterocycles. The van der Waals surface area contributed by atoms with E-state index in [1.54, 1.807) is 12.2 Å². The lowest BCUT2D eigenvalue weighted by atomic mass is 10.4. The minimum Gasteiger partial charge on any atom is -0.304 e. The van der Waals surface area contributed by atoms with Crippen LogP contribution in [0.15, 0.2) is 29.3 Å². The van der Waals surface area contributed by atoms with Crippen LogP contribution in [-0.4, -0.2) is 22.7 Å². The van der Waals surface area contributed by atoms with Crippen LogP contribution in [0.5, 0.6) is 0 Å². The Hall–Kier alpha value is -1.36. The van der Waals surface area contributed by atoms with Gasteiger partial charge in [-0.15, -0.1) is 0 Å². The zero-order chi connectivity index (χ0) is 10.4. The van der Waals surface area contributed by atoms with Gasteiger partial charge in [0.15, 0.2) is 5.17 Å². The number of carbonyl (C=O) groups excluding carboxylic acids is 2. The molecule has 74 valence electrons. The number of carbonyl (C=O) groups is 2. The molecule has 1 heterocycles. The Bertz CT molecular complexity index is 332. The third-order valence-electron chi connectivity index (χ3n) is 1.34. The van der Waals surface area contributed by atoms with E-state index in [2.05, 4.69) is 10.3 Å². The number of rotatable bonds is 2. The number of hydrogen-bond acceptors (Lipinski definition) is 3. The normalized spacial score (nSPS) is 19.8. The van der Waals surface area contributed by atoms with E-state index < -0.39 is 0 Å². The zero-order valence-electron chi connectivity index (χ0n) is 7.69. The molecule has 0 atom stereocenters. The fourth-order valence-electron chi connectivity index (χ4n) is 0.772. The standard InChI is InChI=1S/C9H10N2O2S/c1-2-3-4-5-7(12)10-9-11-8(13)6-14-9/h2-5H,6H2,1H3,(H,10,11,12,13). The minimum absolute atomic E-state index is 0.112. The maximum absolute atomic E-state index is 11.1. The summed E-state index contributed by atoms with van der Waals surface area (Å²) in [5, 5.41) is 2.86. The molecule has 5 heteroatoms. The molecule has 0 aromatic carbocycles. The molecule has 14 heavy (non-hydrogen) atoms. The van der Waals surface area contributed by atoms with Gasteiger partial charge in [-0.25, -0.2) is 0 Å². The molecule has 0 unspecified atom stereocenters. The Kier molecular flexibility index (Phi) is 4.12. The monoisotopic (exact) mass is 210 g/mol. The first kappa shape index (κ1) is 10.7. The van der Waals surface area contributed by atoms with E-state index in [9.17, 15) is 9.59 Å². The predicted octanol–water partition coefficient (Wildman–Crippen LogP) is 0.864. The number of amidine groups is 1. The van der Waals surface area contributed by atoms with Crippen LogP contribution >= 0.6 is 11.8 Å². The quantitative estimate of drug-likeness (QED) is 0.543. The molecule has 0 bridgehead atoms. The van der Waals surface area contributed by atoms with Gasteiger partial charge in [0, 0.05) is 6.08 Å². The van der Waals surface area contributed by atoms with Crippen LogP contribution in [0.25, 0.3) is 0 Å². The highest BCUT2D eigenvalue weighted by atomic mass is 32.2. The number of amides is 2. The topological polar surface area (TPSA) is 58.5 Å². The Balaban J connectivity index is 2.51. The highest BCUT2D eigenvalue weighted by Gasteiger charge is 2.16. The second-order valence-corrected chi connectivity index (χ2v) is 3.44. The molecule has 1 N–H and O–H groups in total. The van der Waals surface area contributed by atoms with Gasteiger partial charge in [0.1, 0.15) is 0 Å². The first-order valence-corrected chi connectivity index (χ1v) is 5.05. The smallest absolute Gasteiger partial charge is 0.272 e. The van der Waals surface area contributed by atoms with E-state index in [0.717, 1.165) is 0 Å². The van der Waals surface area contributed by atoms with Crippen LogP contribution < -0.4 is 5.32 Å². The summed E-state index contributed by atoms with van der Waals surface area (Å²) < 4.78 is 0. The second kappa shape index (κ2) is 5.39. The van der Waals surface area contributed by atoms with Gasteiger partial charge >= 0.3 is 0 Å².